The molecule has 1 aliphatic carbocycles. The van der Waals surface area contributed by atoms with Crippen molar-refractivity contribution < 1.29 is 19.7 Å². The third-order valence-electron chi connectivity index (χ3n) is 4.47. The number of methoxy groups -OCH3 is 1. The van der Waals surface area contributed by atoms with E-state index in [0.29, 0.717) is 24.3 Å². The summed E-state index contributed by atoms with van der Waals surface area (Å²) in [5.41, 5.74) is 1.73. The third-order valence-corrected chi connectivity index (χ3v) is 4.47. The first-order chi connectivity index (χ1) is 12.1. The van der Waals surface area contributed by atoms with Crippen LogP contribution in [0.1, 0.15) is 40.5 Å². The van der Waals surface area contributed by atoms with Crippen molar-refractivity contribution in [2.75, 3.05) is 7.11 Å². The van der Waals surface area contributed by atoms with Gasteiger partial charge in [0.25, 0.3) is 5.91 Å². The molecule has 0 aromatic carbocycles. The smallest absolute Gasteiger partial charge is 0.270 e. The summed E-state index contributed by atoms with van der Waals surface area (Å²) in [5.74, 6) is 0.312. The molecule has 0 aliphatic heterocycles. The van der Waals surface area contributed by atoms with Crippen LogP contribution in [-0.4, -0.2) is 39.3 Å². The number of aliphatic hydroxyl groups excluding tert-OH is 2. The molecule has 0 saturated heterocycles. The molecule has 0 unspecified atom stereocenters. The number of nitrogens with one attached hydrogen (secondary N) is 1. The first-order valence-corrected chi connectivity index (χ1v) is 8.15. The van der Waals surface area contributed by atoms with Crippen LogP contribution >= 0.6 is 0 Å². The maximum Gasteiger partial charge on any atom is 0.270 e. The van der Waals surface area contributed by atoms with Crippen molar-refractivity contribution in [1.82, 2.24) is 15.3 Å². The number of aliphatic hydroxyl groups is 2. The molecule has 2 aromatic heterocycles. The monoisotopic (exact) mass is 343 g/mol. The van der Waals surface area contributed by atoms with Crippen LogP contribution in [-0.2, 0) is 6.61 Å². The molecular formula is C18H21N3O4. The van der Waals surface area contributed by atoms with Crippen molar-refractivity contribution >= 4 is 5.91 Å². The lowest BCUT2D eigenvalue weighted by Crippen LogP contribution is -2.41. The first-order valence-electron chi connectivity index (χ1n) is 8.15. The maximum absolute atomic E-state index is 12.6. The highest BCUT2D eigenvalue weighted by molar-refractivity contribution is 5.92. The van der Waals surface area contributed by atoms with Crippen LogP contribution in [0.15, 0.2) is 36.7 Å². The van der Waals surface area contributed by atoms with Crippen LogP contribution in [0.5, 0.6) is 5.88 Å². The highest BCUT2D eigenvalue weighted by Crippen LogP contribution is 2.38. The van der Waals surface area contributed by atoms with Crippen LogP contribution < -0.4 is 10.1 Å². The fourth-order valence-corrected chi connectivity index (χ4v) is 2.98. The molecule has 2 aromatic rings. The number of amides is 1. The summed E-state index contributed by atoms with van der Waals surface area (Å²) < 4.78 is 5.07. The van der Waals surface area contributed by atoms with Crippen molar-refractivity contribution in [3.63, 3.8) is 0 Å². The summed E-state index contributed by atoms with van der Waals surface area (Å²) >= 11 is 0. The maximum atomic E-state index is 12.6. The topological polar surface area (TPSA) is 105 Å². The number of pyridine rings is 2. The molecule has 1 atom stereocenters. The molecule has 25 heavy (non-hydrogen) atoms. The Kier molecular flexibility index (Phi) is 5.25. The Morgan fingerprint density at radius 2 is 2.16 bits per heavy atom. The number of hydrogen-bond donors (Lipinski definition) is 3. The van der Waals surface area contributed by atoms with Gasteiger partial charge in [-0.2, -0.15) is 0 Å². The van der Waals surface area contributed by atoms with E-state index in [4.69, 9.17) is 4.74 Å². The summed E-state index contributed by atoms with van der Waals surface area (Å²) in [6.07, 6.45) is 4.09. The molecule has 7 nitrogen and oxygen atoms in total. The summed E-state index contributed by atoms with van der Waals surface area (Å²) in [6.45, 7) is -0.149. The van der Waals surface area contributed by atoms with E-state index in [-0.39, 0.29) is 36.3 Å². The van der Waals surface area contributed by atoms with Gasteiger partial charge in [-0.3, -0.25) is 9.78 Å². The van der Waals surface area contributed by atoms with E-state index >= 15 is 0 Å². The van der Waals surface area contributed by atoms with E-state index < -0.39 is 0 Å². The minimum absolute atomic E-state index is 0.134. The molecule has 2 heterocycles. The van der Waals surface area contributed by atoms with Gasteiger partial charge in [0.15, 0.2) is 0 Å². The highest BCUT2D eigenvalue weighted by atomic mass is 16.5. The number of nitrogens with zero attached hydrogens (tertiary/aromatic N) is 2. The van der Waals surface area contributed by atoms with E-state index in [1.54, 1.807) is 31.5 Å². The second-order valence-corrected chi connectivity index (χ2v) is 6.18. The largest absolute Gasteiger partial charge is 0.481 e. The quantitative estimate of drug-likeness (QED) is 0.728. The Bertz CT molecular complexity index is 729. The van der Waals surface area contributed by atoms with Crippen LogP contribution in [0.2, 0.25) is 0 Å². The number of hydrogen-bond acceptors (Lipinski definition) is 6. The van der Waals surface area contributed by atoms with Gasteiger partial charge in [0.1, 0.15) is 5.69 Å². The molecular weight excluding hydrogens is 322 g/mol. The Labute approximate surface area is 145 Å². The SMILES string of the molecule is COc1ccc([C@@H](NC(=O)c2cc(CO)ccn2)C2CC(O)C2)cn1. The van der Waals surface area contributed by atoms with Gasteiger partial charge in [0.2, 0.25) is 5.88 Å². The molecule has 3 N–H and O–H groups in total. The first kappa shape index (κ1) is 17.3. The van der Waals surface area contributed by atoms with E-state index in [1.807, 2.05) is 6.07 Å². The lowest BCUT2D eigenvalue weighted by Gasteiger charge is -2.38. The minimum atomic E-state index is -0.327. The van der Waals surface area contributed by atoms with Gasteiger partial charge in [-0.25, -0.2) is 4.98 Å². The van der Waals surface area contributed by atoms with E-state index in [2.05, 4.69) is 15.3 Å². The molecule has 0 bridgehead atoms. The van der Waals surface area contributed by atoms with Crippen molar-refractivity contribution in [3.8, 4) is 5.88 Å². The predicted molar refractivity (Wildman–Crippen MR) is 89.9 cm³/mol. The van der Waals surface area contributed by atoms with Crippen LogP contribution in [0.4, 0.5) is 0 Å². The molecule has 132 valence electrons. The van der Waals surface area contributed by atoms with Crippen LogP contribution in [0.25, 0.3) is 0 Å². The van der Waals surface area contributed by atoms with Crippen molar-refractivity contribution in [3.05, 3.63) is 53.5 Å². The van der Waals surface area contributed by atoms with Crippen LogP contribution in [0, 0.1) is 5.92 Å². The van der Waals surface area contributed by atoms with E-state index in [0.717, 1.165) is 5.56 Å². The predicted octanol–water partition coefficient (Wildman–Crippen LogP) is 1.22. The van der Waals surface area contributed by atoms with Crippen molar-refractivity contribution in [2.45, 2.75) is 31.6 Å². The molecule has 0 spiro atoms. The van der Waals surface area contributed by atoms with Crippen molar-refractivity contribution in [1.29, 1.82) is 0 Å². The lowest BCUT2D eigenvalue weighted by molar-refractivity contribution is 0.0234. The number of aromatic nitrogens is 2. The number of carbonyl (C=O) groups is 1. The summed E-state index contributed by atoms with van der Waals surface area (Å²) in [5, 5.41) is 21.8. The Morgan fingerprint density at radius 1 is 1.36 bits per heavy atom. The summed E-state index contributed by atoms with van der Waals surface area (Å²) in [4.78, 5) is 20.9. The Hall–Kier alpha value is -2.51. The zero-order chi connectivity index (χ0) is 17.8. The molecule has 3 rings (SSSR count). The zero-order valence-electron chi connectivity index (χ0n) is 13.9. The van der Waals surface area contributed by atoms with Gasteiger partial charge in [-0.05, 0) is 42.0 Å². The molecule has 1 aliphatic rings. The van der Waals surface area contributed by atoms with Crippen LogP contribution in [0.3, 0.4) is 0 Å². The minimum Gasteiger partial charge on any atom is -0.481 e. The second-order valence-electron chi connectivity index (χ2n) is 6.18. The van der Waals surface area contributed by atoms with Gasteiger partial charge in [0, 0.05) is 18.5 Å². The molecule has 1 fully saturated rings. The third kappa shape index (κ3) is 3.94. The summed E-state index contributed by atoms with van der Waals surface area (Å²) in [7, 11) is 1.55. The van der Waals surface area contributed by atoms with Gasteiger partial charge < -0.3 is 20.3 Å². The average Bonchev–Trinajstić information content (AvgIpc) is 2.64. The van der Waals surface area contributed by atoms with Gasteiger partial charge in [-0.1, -0.05) is 6.07 Å². The fraction of sp³-hybridized carbons (Fsp3) is 0.389. The standard InChI is InChI=1S/C18H21N3O4/c1-25-16-3-2-12(9-20-16)17(13-7-14(23)8-13)21-18(24)15-6-11(10-22)4-5-19-15/h2-6,9,13-14,17,22-23H,7-8,10H2,1H3,(H,21,24)/t13?,14?,17-/m1/s1. The Balaban J connectivity index is 1.80. The van der Waals surface area contributed by atoms with Gasteiger partial charge in [0.05, 0.1) is 25.9 Å². The Morgan fingerprint density at radius 3 is 2.76 bits per heavy atom. The molecule has 7 heteroatoms. The highest BCUT2D eigenvalue weighted by Gasteiger charge is 2.36. The summed E-state index contributed by atoms with van der Waals surface area (Å²) in [6, 6.07) is 6.56. The average molecular weight is 343 g/mol. The normalized spacial score (nSPS) is 20.4. The fourth-order valence-electron chi connectivity index (χ4n) is 2.98. The molecule has 1 amide bonds. The van der Waals surface area contributed by atoms with Gasteiger partial charge in [-0.15, -0.1) is 0 Å². The van der Waals surface area contributed by atoms with E-state index in [9.17, 15) is 15.0 Å². The van der Waals surface area contributed by atoms with Crippen molar-refractivity contribution in [2.24, 2.45) is 5.92 Å². The van der Waals surface area contributed by atoms with Gasteiger partial charge >= 0.3 is 0 Å². The lowest BCUT2D eigenvalue weighted by atomic mass is 9.75. The number of rotatable bonds is 6. The molecule has 1 saturated carbocycles. The second kappa shape index (κ2) is 7.58. The number of carbonyl (C=O) groups excluding carboxylic acids is 1. The zero-order valence-corrected chi connectivity index (χ0v) is 13.9. The number of ether oxygens (including phenoxy) is 1. The van der Waals surface area contributed by atoms with E-state index in [1.165, 1.54) is 6.20 Å². The molecule has 0 radical (unpaired) electrons.